The molecule has 1 aliphatic carbocycles. The molecule has 19 heavy (non-hydrogen) atoms. The number of nitrogens with one attached hydrogen (secondary N) is 1. The van der Waals surface area contributed by atoms with Gasteiger partial charge in [0, 0.05) is 13.1 Å². The standard InChI is InChI=1S/C16H23N3/c1-16(2)10-8-12(9-11-16)17-15-18-13-6-4-5-7-14(13)19(15)3/h4-7,12H,8-11H2,1-3H3,(H,17,18). The van der Waals surface area contributed by atoms with Crippen molar-refractivity contribution in [3.8, 4) is 0 Å². The van der Waals surface area contributed by atoms with E-state index in [1.807, 2.05) is 6.07 Å². The molecule has 1 heterocycles. The van der Waals surface area contributed by atoms with Gasteiger partial charge < -0.3 is 9.88 Å². The van der Waals surface area contributed by atoms with Crippen molar-refractivity contribution in [1.82, 2.24) is 9.55 Å². The molecule has 1 aliphatic rings. The minimum Gasteiger partial charge on any atom is -0.353 e. The van der Waals surface area contributed by atoms with Gasteiger partial charge in [-0.15, -0.1) is 0 Å². The summed E-state index contributed by atoms with van der Waals surface area (Å²) < 4.78 is 2.16. The lowest BCUT2D eigenvalue weighted by Gasteiger charge is -2.34. The fourth-order valence-electron chi connectivity index (χ4n) is 3.00. The molecule has 3 nitrogen and oxygen atoms in total. The Morgan fingerprint density at radius 3 is 2.58 bits per heavy atom. The summed E-state index contributed by atoms with van der Waals surface area (Å²) in [6, 6.07) is 8.88. The number of aryl methyl sites for hydroxylation is 1. The number of anilines is 1. The van der Waals surface area contributed by atoms with E-state index in [4.69, 9.17) is 4.98 Å². The first-order valence-corrected chi connectivity index (χ1v) is 7.23. The SMILES string of the molecule is Cn1c(NC2CCC(C)(C)CC2)nc2ccccc21. The highest BCUT2D eigenvalue weighted by Crippen LogP contribution is 2.36. The number of fused-ring (bicyclic) bond motifs is 1. The van der Waals surface area contributed by atoms with Crippen molar-refractivity contribution in [3.63, 3.8) is 0 Å². The van der Waals surface area contributed by atoms with Crippen molar-refractivity contribution in [3.05, 3.63) is 24.3 Å². The number of imidazole rings is 1. The monoisotopic (exact) mass is 257 g/mol. The Balaban J connectivity index is 1.77. The summed E-state index contributed by atoms with van der Waals surface area (Å²) >= 11 is 0. The molecular formula is C16H23N3. The van der Waals surface area contributed by atoms with Crippen LogP contribution in [0.4, 0.5) is 5.95 Å². The second-order valence-electron chi connectivity index (χ2n) is 6.57. The third-order valence-corrected chi connectivity index (χ3v) is 4.46. The highest BCUT2D eigenvalue weighted by Gasteiger charge is 2.27. The molecule has 1 aromatic carbocycles. The van der Waals surface area contributed by atoms with Crippen LogP contribution in [0, 0.1) is 5.41 Å². The normalized spacial score (nSPS) is 19.7. The van der Waals surface area contributed by atoms with Gasteiger partial charge in [0.25, 0.3) is 0 Å². The molecule has 2 aromatic rings. The second kappa shape index (κ2) is 4.55. The van der Waals surface area contributed by atoms with E-state index in [2.05, 4.69) is 49.0 Å². The number of hydrogen-bond donors (Lipinski definition) is 1. The molecule has 1 saturated carbocycles. The van der Waals surface area contributed by atoms with Gasteiger partial charge in [-0.3, -0.25) is 0 Å². The summed E-state index contributed by atoms with van der Waals surface area (Å²) in [7, 11) is 2.09. The molecule has 0 saturated heterocycles. The molecule has 0 amide bonds. The van der Waals surface area contributed by atoms with Gasteiger partial charge in [-0.05, 0) is 43.2 Å². The molecule has 102 valence electrons. The van der Waals surface area contributed by atoms with E-state index in [0.29, 0.717) is 11.5 Å². The van der Waals surface area contributed by atoms with Crippen LogP contribution in [-0.2, 0) is 7.05 Å². The second-order valence-corrected chi connectivity index (χ2v) is 6.57. The first kappa shape index (κ1) is 12.5. The fraction of sp³-hybridized carbons (Fsp3) is 0.562. The van der Waals surface area contributed by atoms with Gasteiger partial charge in [-0.2, -0.15) is 0 Å². The number of nitrogens with zero attached hydrogens (tertiary/aromatic N) is 2. The molecule has 0 spiro atoms. The van der Waals surface area contributed by atoms with Crippen LogP contribution in [0.5, 0.6) is 0 Å². The van der Waals surface area contributed by atoms with Crippen LogP contribution < -0.4 is 5.32 Å². The van der Waals surface area contributed by atoms with Crippen LogP contribution in [0.15, 0.2) is 24.3 Å². The Morgan fingerprint density at radius 1 is 1.21 bits per heavy atom. The van der Waals surface area contributed by atoms with Crippen molar-refractivity contribution in [2.24, 2.45) is 12.5 Å². The zero-order valence-electron chi connectivity index (χ0n) is 12.1. The van der Waals surface area contributed by atoms with Crippen LogP contribution in [0.2, 0.25) is 0 Å². The maximum Gasteiger partial charge on any atom is 0.203 e. The van der Waals surface area contributed by atoms with Crippen LogP contribution in [-0.4, -0.2) is 15.6 Å². The van der Waals surface area contributed by atoms with E-state index in [-0.39, 0.29) is 0 Å². The number of benzene rings is 1. The highest BCUT2D eigenvalue weighted by molar-refractivity contribution is 5.78. The number of rotatable bonds is 2. The van der Waals surface area contributed by atoms with Crippen molar-refractivity contribution in [2.45, 2.75) is 45.6 Å². The predicted molar refractivity (Wildman–Crippen MR) is 80.4 cm³/mol. The minimum atomic E-state index is 0.518. The summed E-state index contributed by atoms with van der Waals surface area (Å²) in [5, 5.41) is 3.63. The smallest absolute Gasteiger partial charge is 0.203 e. The van der Waals surface area contributed by atoms with E-state index in [1.165, 1.54) is 31.2 Å². The molecule has 1 N–H and O–H groups in total. The molecule has 3 heteroatoms. The van der Waals surface area contributed by atoms with Crippen molar-refractivity contribution in [1.29, 1.82) is 0 Å². The molecule has 0 unspecified atom stereocenters. The topological polar surface area (TPSA) is 29.9 Å². The average Bonchev–Trinajstić information content (AvgIpc) is 2.70. The zero-order valence-corrected chi connectivity index (χ0v) is 12.1. The van der Waals surface area contributed by atoms with Crippen LogP contribution in [0.1, 0.15) is 39.5 Å². The Hall–Kier alpha value is -1.51. The maximum absolute atomic E-state index is 4.69. The van der Waals surface area contributed by atoms with Gasteiger partial charge in [0.05, 0.1) is 11.0 Å². The first-order chi connectivity index (χ1) is 9.05. The maximum atomic E-state index is 4.69. The molecule has 1 aromatic heterocycles. The summed E-state index contributed by atoms with van der Waals surface area (Å²) in [6.07, 6.45) is 5.09. The Bertz CT molecular complexity index is 573. The minimum absolute atomic E-state index is 0.518. The summed E-state index contributed by atoms with van der Waals surface area (Å²) in [4.78, 5) is 4.69. The molecule has 1 fully saturated rings. The van der Waals surface area contributed by atoms with Crippen molar-refractivity contribution >= 4 is 17.0 Å². The van der Waals surface area contributed by atoms with Crippen LogP contribution >= 0.6 is 0 Å². The quantitative estimate of drug-likeness (QED) is 0.882. The Kier molecular flexibility index (Phi) is 3.00. The summed E-state index contributed by atoms with van der Waals surface area (Å²) in [6.45, 7) is 4.75. The van der Waals surface area contributed by atoms with Gasteiger partial charge in [0.1, 0.15) is 0 Å². The third-order valence-electron chi connectivity index (χ3n) is 4.46. The van der Waals surface area contributed by atoms with E-state index < -0.39 is 0 Å². The Morgan fingerprint density at radius 2 is 1.89 bits per heavy atom. The molecule has 0 radical (unpaired) electrons. The van der Waals surface area contributed by atoms with E-state index in [1.54, 1.807) is 0 Å². The number of para-hydroxylation sites is 2. The molecule has 0 atom stereocenters. The van der Waals surface area contributed by atoms with Gasteiger partial charge in [-0.1, -0.05) is 26.0 Å². The lowest BCUT2D eigenvalue weighted by Crippen LogP contribution is -2.30. The first-order valence-electron chi connectivity index (χ1n) is 7.23. The molecular weight excluding hydrogens is 234 g/mol. The van der Waals surface area contributed by atoms with Crippen molar-refractivity contribution in [2.75, 3.05) is 5.32 Å². The summed E-state index contributed by atoms with van der Waals surface area (Å²) in [5.41, 5.74) is 2.79. The van der Waals surface area contributed by atoms with Crippen LogP contribution in [0.25, 0.3) is 11.0 Å². The molecule has 3 rings (SSSR count). The largest absolute Gasteiger partial charge is 0.353 e. The van der Waals surface area contributed by atoms with Gasteiger partial charge in [0.2, 0.25) is 5.95 Å². The molecule has 0 bridgehead atoms. The van der Waals surface area contributed by atoms with E-state index >= 15 is 0 Å². The third kappa shape index (κ3) is 2.46. The van der Waals surface area contributed by atoms with Gasteiger partial charge in [0.15, 0.2) is 0 Å². The predicted octanol–water partition coefficient (Wildman–Crippen LogP) is 3.95. The van der Waals surface area contributed by atoms with E-state index in [9.17, 15) is 0 Å². The number of aromatic nitrogens is 2. The van der Waals surface area contributed by atoms with Crippen LogP contribution in [0.3, 0.4) is 0 Å². The summed E-state index contributed by atoms with van der Waals surface area (Å²) in [5.74, 6) is 1.01. The Labute approximate surface area is 115 Å². The average molecular weight is 257 g/mol. The van der Waals surface area contributed by atoms with Crippen molar-refractivity contribution < 1.29 is 0 Å². The van der Waals surface area contributed by atoms with E-state index in [0.717, 1.165) is 11.5 Å². The lowest BCUT2D eigenvalue weighted by molar-refractivity contribution is 0.232. The molecule has 0 aliphatic heterocycles. The van der Waals surface area contributed by atoms with Gasteiger partial charge >= 0.3 is 0 Å². The lowest BCUT2D eigenvalue weighted by atomic mass is 9.76. The highest BCUT2D eigenvalue weighted by atomic mass is 15.2. The number of hydrogen-bond acceptors (Lipinski definition) is 2. The zero-order chi connectivity index (χ0) is 13.5. The fourth-order valence-corrected chi connectivity index (χ4v) is 3.00. The van der Waals surface area contributed by atoms with Gasteiger partial charge in [-0.25, -0.2) is 4.98 Å².